The number of ketones is 3. The van der Waals surface area contributed by atoms with Crippen molar-refractivity contribution < 1.29 is 143 Å². The predicted molar refractivity (Wildman–Crippen MR) is 504 cm³/mol. The molecular weight excluding hydrogens is 1920 g/mol. The highest BCUT2D eigenvalue weighted by atomic mass is 32.2. The minimum Gasteiger partial charge on any atom is -0.508 e. The first kappa shape index (κ1) is 114. The molecule has 24 N–H and O–H groups in total. The fraction of sp³-hybridized carbons (Fsp3) is 0.528. The highest BCUT2D eigenvalue weighted by molar-refractivity contribution is 8.00. The summed E-state index contributed by atoms with van der Waals surface area (Å²) in [6, 6.07) is 0.915. The lowest BCUT2D eigenvalue weighted by Crippen LogP contribution is -2.65. The van der Waals surface area contributed by atoms with Crippen LogP contribution in [0.4, 0.5) is 0 Å². The van der Waals surface area contributed by atoms with Crippen LogP contribution in [0.3, 0.4) is 0 Å². The molecule has 4 aromatic rings. The SMILES string of the molecule is C[C@H](N)C(=O)C[C@H]1CSCCS(=O)(=O)N2CCN3CC(O)(C2)NC[C@H](NC(=O)[C@@H](C)NC(=O)[C@H](Cc2cccc4ccccc24)CC(=O)[C@H](CCC(=O)O)NC(=O)[C@H](CC(N)=O)NC(=O)[C@@H](C)NC1=O)C(=O)N[C@@H](CCC(=O)O)C(=O)N[C@@H](CC(=O)O)C(=O)N[C@@H](Cc1ccccc1)C(=O)N[C@@H](Cc1ccc(O)cc1)C(=O)N[C@@H](CC(=O)O)C(=O)N[C@@H](C(C)(C)C)C(=O)C[C@H](C(N)=O)CSCCS3(=O)=O. The number of aliphatic hydroxyl groups is 1. The monoisotopic (exact) mass is 2040 g/mol. The van der Waals surface area contributed by atoms with Crippen molar-refractivity contribution in [2.75, 3.05) is 67.2 Å². The van der Waals surface area contributed by atoms with Crippen molar-refractivity contribution in [2.24, 2.45) is 40.4 Å². The Balaban J connectivity index is 1.42. The Morgan fingerprint density at radius 1 is 0.471 bits per heavy atom. The van der Waals surface area contributed by atoms with E-state index in [4.69, 9.17) is 17.2 Å². The zero-order valence-electron chi connectivity index (χ0n) is 77.6. The molecule has 3 aliphatic heterocycles. The summed E-state index contributed by atoms with van der Waals surface area (Å²) in [6.45, 7) is 2.67. The molecule has 0 aromatic heterocycles. The zero-order chi connectivity index (χ0) is 104. The lowest BCUT2D eigenvalue weighted by molar-refractivity contribution is -0.142. The highest BCUT2D eigenvalue weighted by Gasteiger charge is 2.46. The number of nitrogens with zero attached hydrogens (tertiary/aromatic N) is 2. The molecule has 3 heterocycles. The number of primary amides is 2. The molecule has 3 saturated heterocycles. The molecule has 3 fully saturated rings. The van der Waals surface area contributed by atoms with Crippen molar-refractivity contribution in [1.29, 1.82) is 0 Å². The molecule has 0 saturated carbocycles. The number of hydrogen-bond donors (Lipinski definition) is 21. The Kier molecular flexibility index (Phi) is 42.9. The van der Waals surface area contributed by atoms with Crippen LogP contribution in [0, 0.1) is 23.2 Å². The van der Waals surface area contributed by atoms with Gasteiger partial charge in [-0.1, -0.05) is 106 Å². The van der Waals surface area contributed by atoms with Crippen molar-refractivity contribution in [3.8, 4) is 5.75 Å². The summed E-state index contributed by atoms with van der Waals surface area (Å²) in [7, 11) is -9.74. The van der Waals surface area contributed by atoms with Gasteiger partial charge < -0.3 is 106 Å². The van der Waals surface area contributed by atoms with Crippen molar-refractivity contribution >= 4 is 172 Å². The van der Waals surface area contributed by atoms with E-state index in [-0.39, 0.29) is 16.9 Å². The number of phenols is 1. The summed E-state index contributed by atoms with van der Waals surface area (Å²) in [5.74, 6) is -34.8. The second-order valence-electron chi connectivity index (χ2n) is 35.5. The minimum absolute atomic E-state index is 0.189. The van der Waals surface area contributed by atoms with Crippen LogP contribution in [0.2, 0.25) is 0 Å². The van der Waals surface area contributed by atoms with Gasteiger partial charge in [-0.2, -0.15) is 32.1 Å². The molecule has 0 aliphatic carbocycles. The lowest BCUT2D eigenvalue weighted by atomic mass is 9.81. The third-order valence-corrected chi connectivity index (χ3v) is 29.5. The Bertz CT molecular complexity index is 5480. The van der Waals surface area contributed by atoms with Gasteiger partial charge in [0.2, 0.25) is 96.8 Å². The number of sulfonamides is 2. The normalized spacial score (nSPS) is 27.3. The van der Waals surface area contributed by atoms with E-state index in [1.165, 1.54) is 76.2 Å². The van der Waals surface area contributed by atoms with Crippen LogP contribution >= 0.6 is 23.5 Å². The van der Waals surface area contributed by atoms with Gasteiger partial charge in [0.25, 0.3) is 0 Å². The van der Waals surface area contributed by atoms with E-state index in [0.29, 0.717) is 24.9 Å². The third-order valence-electron chi connectivity index (χ3n) is 23.1. The Morgan fingerprint density at radius 2 is 0.914 bits per heavy atom. The van der Waals surface area contributed by atoms with Gasteiger partial charge in [0.1, 0.15) is 71.6 Å². The largest absolute Gasteiger partial charge is 0.508 e. The number of rotatable bonds is 22. The number of carbonyl (C=O) groups excluding carboxylic acids is 16. The number of carbonyl (C=O) groups is 20. The number of fused-ring (bicyclic) bond motifs is 5. The molecule has 3 unspecified atom stereocenters. The number of aliphatic carboxylic acids is 4. The number of thioether (sulfide) groups is 2. The summed E-state index contributed by atoms with van der Waals surface area (Å²) < 4.78 is 61.3. The number of nitrogens with two attached hydrogens (primary N) is 3. The third kappa shape index (κ3) is 36.2. The van der Waals surface area contributed by atoms with Crippen LogP contribution in [0.1, 0.15) is 122 Å². The van der Waals surface area contributed by atoms with Gasteiger partial charge in [-0.25, -0.2) is 16.8 Å². The number of aromatic hydroxyl groups is 1. The quantitative estimate of drug-likeness (QED) is 0.0351. The van der Waals surface area contributed by atoms with E-state index >= 15 is 45.6 Å². The molecule has 18 atom stereocenters. The van der Waals surface area contributed by atoms with E-state index < -0.39 is 390 Å². The number of benzene rings is 4. The van der Waals surface area contributed by atoms with E-state index in [0.717, 1.165) is 37.4 Å². The number of amides is 13. The van der Waals surface area contributed by atoms with Crippen molar-refractivity contribution in [3.05, 3.63) is 114 Å². The molecule has 4 aromatic carbocycles. The molecule has 0 radical (unpaired) electrons. The molecule has 47 nitrogen and oxygen atoms in total. The van der Waals surface area contributed by atoms with E-state index in [2.05, 4.69) is 63.8 Å². The summed E-state index contributed by atoms with van der Waals surface area (Å²) in [4.78, 5) is 283. The minimum atomic E-state index is -4.87. The van der Waals surface area contributed by atoms with Gasteiger partial charge in [-0.15, -0.1) is 0 Å². The van der Waals surface area contributed by atoms with Crippen molar-refractivity contribution in [1.82, 2.24) is 72.4 Å². The number of phenolic OH excluding ortho intramolecular Hbond substituents is 1. The molecule has 13 amide bonds. The first-order chi connectivity index (χ1) is 65.6. The maximum atomic E-state index is 15.6. The standard InChI is InChI=1S/C89H121N17O30S4/c1-47(90)67(108)38-56-44-138-30-32-140(135,136)106-28-27-105-45-89(132,46-106)93-42-66(103-78(122)49(3)94-79(123)54(35-53-17-12-16-52-15-10-11-18-58(52)53)36-68(109)59(23-25-71(112)113)96-84(128)63(39-70(91)111)98-77(121)48(2)95-80(56)124)87(131)97-60(24-26-72(114)115)81(125)101-64(40-73(116)117)85(129)100-61(33-50-13-8-7-9-14-50)82(126)99-62(34-51-19-21-57(107)22-20-51)83(127)102-65(41-74(118)119)86(130)104-75(88(4,5)6)69(110)37-55(76(92)120)43-137-29-31-139(105,133)134/h7-22,47-49,54-56,59-66,75,93,107,132H,23-46,90H2,1-6H3,(H2,91,111)(H2,92,120)(H,94,123)(H,95,124)(H,96,128)(H,97,131)(H,98,121)(H,99,126)(H,100,129)(H,101,125)(H,102,127)(H,103,122)(H,104,130)(H,112,113)(H,114,115)(H,116,117)(H,118,119)/t47-,48+,49+,54+,55-,56-,59-,60-,61-,62-,63-,64-,65-,66-,75+,89?/m0/s1. The van der Waals surface area contributed by atoms with Crippen LogP contribution < -0.4 is 81.0 Å². The smallest absolute Gasteiger partial charge is 0.305 e. The molecule has 0 spiro atoms. The van der Waals surface area contributed by atoms with Gasteiger partial charge in [-0.3, -0.25) is 101 Å². The predicted octanol–water partition coefficient (Wildman–Crippen LogP) is -4.85. The molecule has 766 valence electrons. The number of carboxylic acid groups (broad SMARTS) is 4. The average molecular weight is 2040 g/mol. The summed E-state index contributed by atoms with van der Waals surface area (Å²) in [5, 5.41) is 93.7. The van der Waals surface area contributed by atoms with Gasteiger partial charge in [-0.05, 0) is 85.0 Å². The van der Waals surface area contributed by atoms with Gasteiger partial charge >= 0.3 is 23.9 Å². The summed E-state index contributed by atoms with van der Waals surface area (Å²) in [5.41, 5.74) is 13.9. The molecule has 4 bridgehead atoms. The molecule has 51 heteroatoms. The van der Waals surface area contributed by atoms with Gasteiger partial charge in [0.15, 0.2) is 11.6 Å². The van der Waals surface area contributed by atoms with Crippen LogP contribution in [-0.2, 0) is 135 Å². The first-order valence-corrected chi connectivity index (χ1v) is 50.1. The summed E-state index contributed by atoms with van der Waals surface area (Å²) >= 11 is 1.50. The number of hydrogen-bond acceptors (Lipinski definition) is 30. The second kappa shape index (κ2) is 52.6. The van der Waals surface area contributed by atoms with Crippen LogP contribution in [-0.4, -0.2) is 320 Å². The lowest BCUT2D eigenvalue weighted by Gasteiger charge is -2.35. The summed E-state index contributed by atoms with van der Waals surface area (Å²) in [6.07, 6.45) is -11.0. The van der Waals surface area contributed by atoms with Crippen LogP contribution in [0.5, 0.6) is 5.75 Å². The second-order valence-corrected chi connectivity index (χ2v) is 42.0. The zero-order valence-corrected chi connectivity index (χ0v) is 80.9. The Morgan fingerprint density at radius 3 is 1.43 bits per heavy atom. The molecule has 3 aliphatic rings. The average Bonchev–Trinajstić information content (AvgIpc) is 1.45. The molecule has 7 rings (SSSR count). The van der Waals surface area contributed by atoms with E-state index in [1.54, 1.807) is 48.5 Å². The van der Waals surface area contributed by atoms with Gasteiger partial charge in [0.05, 0.1) is 73.8 Å². The van der Waals surface area contributed by atoms with Crippen molar-refractivity contribution in [3.63, 3.8) is 0 Å². The molecular formula is C89H121N17O30S4. The Labute approximate surface area is 814 Å². The molecule has 140 heavy (non-hydrogen) atoms. The number of Topliss-reactive ketones (excluding diaryl/α,β-unsaturated/α-hetero) is 3. The fourth-order valence-corrected chi connectivity index (χ4v) is 21.4. The topological polar surface area (TPSA) is 760 Å². The Hall–Kier alpha value is -12.7. The maximum absolute atomic E-state index is 15.6. The maximum Gasteiger partial charge on any atom is 0.305 e. The first-order valence-electron chi connectivity index (χ1n) is 44.6. The van der Waals surface area contributed by atoms with Gasteiger partial charge in [0, 0.05) is 93.5 Å². The fourth-order valence-electron chi connectivity index (χ4n) is 15.3. The highest BCUT2D eigenvalue weighted by Crippen LogP contribution is 2.29. The number of carboxylic acids is 4. The van der Waals surface area contributed by atoms with E-state index in [9.17, 15) is 97.8 Å². The van der Waals surface area contributed by atoms with E-state index in [1.807, 2.05) is 0 Å². The number of nitrogens with one attached hydrogen (secondary N) is 12. The van der Waals surface area contributed by atoms with Crippen LogP contribution in [0.25, 0.3) is 10.8 Å². The van der Waals surface area contributed by atoms with Crippen LogP contribution in [0.15, 0.2) is 97.1 Å². The van der Waals surface area contributed by atoms with Crippen molar-refractivity contribution in [2.45, 2.75) is 203 Å².